The predicted molar refractivity (Wildman–Crippen MR) is 62.3 cm³/mol. The van der Waals surface area contributed by atoms with Gasteiger partial charge in [-0.3, -0.25) is 0 Å². The Bertz CT molecular complexity index is 529. The van der Waals surface area contributed by atoms with Crippen LogP contribution in [0.1, 0.15) is 17.4 Å². The van der Waals surface area contributed by atoms with Crippen LogP contribution in [-0.4, -0.2) is 0 Å². The maximum atomic E-state index is 6.20. The van der Waals surface area contributed by atoms with Crippen LogP contribution in [0.3, 0.4) is 0 Å². The summed E-state index contributed by atoms with van der Waals surface area (Å²) in [7, 11) is 0. The first-order valence-corrected chi connectivity index (χ1v) is 5.39. The number of hydrogen-bond acceptors (Lipinski definition) is 2. The van der Waals surface area contributed by atoms with E-state index in [0.29, 0.717) is 5.03 Å². The maximum Gasteiger partial charge on any atom is 0.176 e. The van der Waals surface area contributed by atoms with Crippen LogP contribution in [0.4, 0.5) is 0 Å². The highest BCUT2D eigenvalue weighted by molar-refractivity contribution is 6.49. The Labute approximate surface area is 98.1 Å². The van der Waals surface area contributed by atoms with Crippen molar-refractivity contribution in [1.29, 1.82) is 0 Å². The molecule has 3 rings (SSSR count). The van der Waals surface area contributed by atoms with Gasteiger partial charge >= 0.3 is 0 Å². The molecule has 0 fully saturated rings. The molecule has 0 N–H and O–H groups in total. The number of rotatable bonds is 1. The standard InChI is InChI=1S/C13H9ClO2/c14-10-8-13(12-6-3-7-15-12)16-11-5-2-1-4-9(10)11/h1-8,13H. The largest absolute Gasteiger partial charge is 0.478 e. The summed E-state index contributed by atoms with van der Waals surface area (Å²) in [6, 6.07) is 11.4. The third-order valence-corrected chi connectivity index (χ3v) is 2.85. The Hall–Kier alpha value is -1.67. The molecule has 1 aliphatic rings. The van der Waals surface area contributed by atoms with Gasteiger partial charge in [0.1, 0.15) is 11.5 Å². The molecule has 0 aliphatic carbocycles. The van der Waals surface area contributed by atoms with E-state index in [-0.39, 0.29) is 6.10 Å². The van der Waals surface area contributed by atoms with Gasteiger partial charge < -0.3 is 9.15 Å². The van der Waals surface area contributed by atoms with Crippen molar-refractivity contribution in [3.05, 3.63) is 60.1 Å². The molecule has 0 amide bonds. The van der Waals surface area contributed by atoms with E-state index in [1.807, 2.05) is 42.5 Å². The Kier molecular flexibility index (Phi) is 2.22. The zero-order valence-corrected chi connectivity index (χ0v) is 9.15. The summed E-state index contributed by atoms with van der Waals surface area (Å²) in [6.45, 7) is 0. The highest BCUT2D eigenvalue weighted by Gasteiger charge is 2.22. The van der Waals surface area contributed by atoms with Crippen molar-refractivity contribution in [1.82, 2.24) is 0 Å². The van der Waals surface area contributed by atoms with Gasteiger partial charge in [0.05, 0.1) is 11.3 Å². The van der Waals surface area contributed by atoms with Gasteiger partial charge in [0, 0.05) is 5.56 Å². The fourth-order valence-electron chi connectivity index (χ4n) is 1.75. The highest BCUT2D eigenvalue weighted by Crippen LogP contribution is 2.38. The van der Waals surface area contributed by atoms with Crippen LogP contribution in [0.2, 0.25) is 0 Å². The monoisotopic (exact) mass is 232 g/mol. The number of ether oxygens (including phenoxy) is 1. The van der Waals surface area contributed by atoms with Crippen LogP contribution >= 0.6 is 11.6 Å². The van der Waals surface area contributed by atoms with Gasteiger partial charge in [-0.15, -0.1) is 0 Å². The van der Waals surface area contributed by atoms with E-state index >= 15 is 0 Å². The van der Waals surface area contributed by atoms with Crippen molar-refractivity contribution in [2.24, 2.45) is 0 Å². The van der Waals surface area contributed by atoms with Crippen LogP contribution in [0, 0.1) is 0 Å². The lowest BCUT2D eigenvalue weighted by Crippen LogP contribution is -2.09. The van der Waals surface area contributed by atoms with E-state index in [1.54, 1.807) is 6.26 Å². The summed E-state index contributed by atoms with van der Waals surface area (Å²) in [5.74, 6) is 1.55. The minimum atomic E-state index is -0.239. The lowest BCUT2D eigenvalue weighted by molar-refractivity contribution is 0.219. The summed E-state index contributed by atoms with van der Waals surface area (Å²) >= 11 is 6.20. The lowest BCUT2D eigenvalue weighted by atomic mass is 10.1. The van der Waals surface area contributed by atoms with E-state index in [2.05, 4.69) is 0 Å². The Morgan fingerprint density at radius 3 is 2.75 bits per heavy atom. The molecule has 2 aromatic rings. The molecule has 2 nitrogen and oxygen atoms in total. The van der Waals surface area contributed by atoms with Crippen molar-refractivity contribution in [2.45, 2.75) is 6.10 Å². The molecule has 16 heavy (non-hydrogen) atoms. The number of halogens is 1. The Morgan fingerprint density at radius 1 is 1.06 bits per heavy atom. The molecular weight excluding hydrogens is 224 g/mol. The predicted octanol–water partition coefficient (Wildman–Crippen LogP) is 3.99. The fourth-order valence-corrected chi connectivity index (χ4v) is 2.02. The van der Waals surface area contributed by atoms with Crippen LogP contribution in [0.15, 0.2) is 53.2 Å². The van der Waals surface area contributed by atoms with Crippen LogP contribution < -0.4 is 4.74 Å². The molecule has 0 spiro atoms. The molecule has 0 saturated carbocycles. The Morgan fingerprint density at radius 2 is 1.94 bits per heavy atom. The number of fused-ring (bicyclic) bond motifs is 1. The number of furan rings is 1. The van der Waals surface area contributed by atoms with Crippen molar-refractivity contribution >= 4 is 16.6 Å². The zero-order chi connectivity index (χ0) is 11.0. The second-order valence-electron chi connectivity index (χ2n) is 3.56. The van der Waals surface area contributed by atoms with Crippen LogP contribution in [0.5, 0.6) is 5.75 Å². The highest BCUT2D eigenvalue weighted by atomic mass is 35.5. The molecule has 0 bridgehead atoms. The third-order valence-electron chi connectivity index (χ3n) is 2.52. The lowest BCUT2D eigenvalue weighted by Gasteiger charge is -2.21. The van der Waals surface area contributed by atoms with Gasteiger partial charge in [0.15, 0.2) is 6.10 Å². The molecule has 1 atom stereocenters. The van der Waals surface area contributed by atoms with Crippen molar-refractivity contribution in [3.8, 4) is 5.75 Å². The average Bonchev–Trinajstić information content (AvgIpc) is 2.82. The summed E-state index contributed by atoms with van der Waals surface area (Å²) in [5.41, 5.74) is 0.923. The maximum absolute atomic E-state index is 6.20. The number of para-hydroxylation sites is 1. The molecule has 1 unspecified atom stereocenters. The quantitative estimate of drug-likeness (QED) is 0.742. The Balaban J connectivity index is 2.03. The van der Waals surface area contributed by atoms with Crippen molar-refractivity contribution in [3.63, 3.8) is 0 Å². The summed E-state index contributed by atoms with van der Waals surface area (Å²) in [4.78, 5) is 0. The molecule has 1 aromatic carbocycles. The van der Waals surface area contributed by atoms with Gasteiger partial charge in [-0.1, -0.05) is 23.7 Å². The average molecular weight is 233 g/mol. The summed E-state index contributed by atoms with van der Waals surface area (Å²) in [6.07, 6.45) is 3.24. The number of hydrogen-bond donors (Lipinski definition) is 0. The first-order valence-electron chi connectivity index (χ1n) is 5.01. The second-order valence-corrected chi connectivity index (χ2v) is 3.97. The van der Waals surface area contributed by atoms with Gasteiger partial charge in [0.25, 0.3) is 0 Å². The second kappa shape index (κ2) is 3.72. The molecular formula is C13H9ClO2. The summed E-state index contributed by atoms with van der Waals surface area (Å²) < 4.78 is 11.1. The van der Waals surface area contributed by atoms with Crippen LogP contribution in [0.25, 0.3) is 5.03 Å². The minimum Gasteiger partial charge on any atom is -0.478 e. The van der Waals surface area contributed by atoms with Gasteiger partial charge in [-0.05, 0) is 30.3 Å². The van der Waals surface area contributed by atoms with Gasteiger partial charge in [0.2, 0.25) is 0 Å². The van der Waals surface area contributed by atoms with E-state index in [4.69, 9.17) is 20.8 Å². The zero-order valence-electron chi connectivity index (χ0n) is 8.39. The molecule has 2 heterocycles. The van der Waals surface area contributed by atoms with Gasteiger partial charge in [-0.2, -0.15) is 0 Å². The normalized spacial score (nSPS) is 18.6. The van der Waals surface area contributed by atoms with E-state index in [1.165, 1.54) is 0 Å². The molecule has 1 aliphatic heterocycles. The molecule has 0 radical (unpaired) electrons. The molecule has 1 aromatic heterocycles. The topological polar surface area (TPSA) is 22.4 Å². The first-order chi connectivity index (χ1) is 7.84. The van der Waals surface area contributed by atoms with E-state index in [9.17, 15) is 0 Å². The van der Waals surface area contributed by atoms with Gasteiger partial charge in [-0.25, -0.2) is 0 Å². The smallest absolute Gasteiger partial charge is 0.176 e. The SMILES string of the molecule is ClC1=CC(c2ccco2)Oc2ccccc21. The van der Waals surface area contributed by atoms with E-state index in [0.717, 1.165) is 17.1 Å². The molecule has 3 heteroatoms. The van der Waals surface area contributed by atoms with Crippen molar-refractivity contribution < 1.29 is 9.15 Å². The fraction of sp³-hybridized carbons (Fsp3) is 0.0769. The summed E-state index contributed by atoms with van der Waals surface area (Å²) in [5, 5.41) is 0.697. The first kappa shape index (κ1) is 9.55. The minimum absolute atomic E-state index is 0.239. The molecule has 0 saturated heterocycles. The third kappa shape index (κ3) is 1.51. The van der Waals surface area contributed by atoms with E-state index < -0.39 is 0 Å². The number of benzene rings is 1. The van der Waals surface area contributed by atoms with Crippen LogP contribution in [-0.2, 0) is 0 Å². The molecule has 80 valence electrons. The van der Waals surface area contributed by atoms with Crippen molar-refractivity contribution in [2.75, 3.05) is 0 Å².